The summed E-state index contributed by atoms with van der Waals surface area (Å²) in [6, 6.07) is 4.84. The number of halogens is 1. The van der Waals surface area contributed by atoms with Crippen molar-refractivity contribution in [3.8, 4) is 5.75 Å². The number of benzene rings is 1. The van der Waals surface area contributed by atoms with E-state index in [2.05, 4.69) is 0 Å². The smallest absolute Gasteiger partial charge is 0.117 e. The van der Waals surface area contributed by atoms with Gasteiger partial charge in [0.05, 0.1) is 5.02 Å². The molecular weight excluding hydrogens is 186 g/mol. The van der Waals surface area contributed by atoms with E-state index in [0.717, 1.165) is 5.56 Å². The van der Waals surface area contributed by atoms with Crippen LogP contribution in [0.4, 0.5) is 0 Å². The molecule has 0 radical (unpaired) electrons. The highest BCUT2D eigenvalue weighted by Gasteiger charge is 1.97. The van der Waals surface area contributed by atoms with Crippen LogP contribution in [0.5, 0.6) is 5.75 Å². The van der Waals surface area contributed by atoms with E-state index in [-0.39, 0.29) is 11.8 Å². The molecule has 0 fully saturated rings. The Kier molecular flexibility index (Phi) is 3.34. The molecule has 0 aliphatic rings. The van der Waals surface area contributed by atoms with Gasteiger partial charge in [-0.05, 0) is 30.7 Å². The second-order valence-corrected chi connectivity index (χ2v) is 3.33. The number of hydrogen-bond donors (Lipinski definition) is 2. The number of hydrogen-bond acceptors (Lipinski definition) is 2. The summed E-state index contributed by atoms with van der Waals surface area (Å²) >= 11 is 5.86. The van der Waals surface area contributed by atoms with Crippen LogP contribution in [0.15, 0.2) is 24.3 Å². The fourth-order valence-electron chi connectivity index (χ4n) is 0.907. The molecule has 1 atom stereocenters. The van der Waals surface area contributed by atoms with Crippen molar-refractivity contribution in [1.29, 1.82) is 0 Å². The zero-order valence-corrected chi connectivity index (χ0v) is 8.12. The van der Waals surface area contributed by atoms with Crippen LogP contribution in [0.1, 0.15) is 12.5 Å². The lowest BCUT2D eigenvalue weighted by atomic mass is 10.2. The zero-order valence-electron chi connectivity index (χ0n) is 7.37. The monoisotopic (exact) mass is 197 g/mol. The molecule has 0 aromatic heterocycles. The van der Waals surface area contributed by atoms with Crippen molar-refractivity contribution >= 4 is 17.7 Å². The second-order valence-electron chi connectivity index (χ2n) is 2.92. The van der Waals surface area contributed by atoms with Gasteiger partial charge in [0.2, 0.25) is 0 Å². The molecule has 0 saturated carbocycles. The standard InChI is InChI=1S/C10H12ClNO/c1-7(12)2-3-8-4-5-9(13)6-10(8)11/h2-7,13H,12H2,1H3/b3-2+. The quantitative estimate of drug-likeness (QED) is 0.765. The molecule has 0 aliphatic heterocycles. The first-order valence-corrected chi connectivity index (χ1v) is 4.39. The Morgan fingerprint density at radius 3 is 2.77 bits per heavy atom. The maximum atomic E-state index is 9.08. The van der Waals surface area contributed by atoms with Gasteiger partial charge < -0.3 is 10.8 Å². The van der Waals surface area contributed by atoms with Crippen LogP contribution in [0.3, 0.4) is 0 Å². The highest BCUT2D eigenvalue weighted by molar-refractivity contribution is 6.32. The third-order valence-electron chi connectivity index (χ3n) is 1.56. The molecule has 1 rings (SSSR count). The Hall–Kier alpha value is -0.990. The summed E-state index contributed by atoms with van der Waals surface area (Å²) in [5, 5.41) is 9.61. The predicted molar refractivity (Wildman–Crippen MR) is 55.8 cm³/mol. The summed E-state index contributed by atoms with van der Waals surface area (Å²) < 4.78 is 0. The predicted octanol–water partition coefficient (Wildman–Crippen LogP) is 2.41. The van der Waals surface area contributed by atoms with E-state index in [1.54, 1.807) is 12.1 Å². The van der Waals surface area contributed by atoms with Crippen molar-refractivity contribution in [3.05, 3.63) is 34.9 Å². The number of aromatic hydroxyl groups is 1. The van der Waals surface area contributed by atoms with Crippen LogP contribution in [0, 0.1) is 0 Å². The summed E-state index contributed by atoms with van der Waals surface area (Å²) in [4.78, 5) is 0. The molecule has 0 saturated heterocycles. The molecule has 0 spiro atoms. The molecule has 70 valence electrons. The van der Waals surface area contributed by atoms with E-state index in [9.17, 15) is 0 Å². The normalized spacial score (nSPS) is 13.5. The first kappa shape index (κ1) is 10.1. The van der Waals surface area contributed by atoms with Gasteiger partial charge in [-0.3, -0.25) is 0 Å². The van der Waals surface area contributed by atoms with Crippen LogP contribution >= 0.6 is 11.6 Å². The highest BCUT2D eigenvalue weighted by atomic mass is 35.5. The molecule has 1 aromatic carbocycles. The Bertz CT molecular complexity index is 321. The average Bonchev–Trinajstić information content (AvgIpc) is 2.02. The topological polar surface area (TPSA) is 46.2 Å². The van der Waals surface area contributed by atoms with Gasteiger partial charge in [0.1, 0.15) is 5.75 Å². The lowest BCUT2D eigenvalue weighted by Gasteiger charge is -1.99. The van der Waals surface area contributed by atoms with E-state index in [1.165, 1.54) is 6.07 Å². The fraction of sp³-hybridized carbons (Fsp3) is 0.200. The Balaban J connectivity index is 2.90. The molecule has 0 amide bonds. The minimum atomic E-state index is 0.00451. The Labute approximate surface area is 82.6 Å². The number of rotatable bonds is 2. The molecule has 3 N–H and O–H groups in total. The zero-order chi connectivity index (χ0) is 9.84. The van der Waals surface area contributed by atoms with Crippen LogP contribution in [-0.2, 0) is 0 Å². The summed E-state index contributed by atoms with van der Waals surface area (Å²) in [7, 11) is 0. The summed E-state index contributed by atoms with van der Waals surface area (Å²) in [6.07, 6.45) is 3.69. The molecule has 0 bridgehead atoms. The van der Waals surface area contributed by atoms with E-state index in [4.69, 9.17) is 22.4 Å². The van der Waals surface area contributed by atoms with Gasteiger partial charge in [-0.15, -0.1) is 0 Å². The first-order chi connectivity index (χ1) is 6.09. The average molecular weight is 198 g/mol. The van der Waals surface area contributed by atoms with Crippen molar-refractivity contribution < 1.29 is 5.11 Å². The van der Waals surface area contributed by atoms with Gasteiger partial charge >= 0.3 is 0 Å². The van der Waals surface area contributed by atoms with Crippen LogP contribution in [-0.4, -0.2) is 11.1 Å². The molecule has 3 heteroatoms. The van der Waals surface area contributed by atoms with E-state index >= 15 is 0 Å². The molecule has 2 nitrogen and oxygen atoms in total. The van der Waals surface area contributed by atoms with Crippen LogP contribution < -0.4 is 5.73 Å². The third-order valence-corrected chi connectivity index (χ3v) is 1.89. The second kappa shape index (κ2) is 4.30. The number of nitrogens with two attached hydrogens (primary N) is 1. The van der Waals surface area contributed by atoms with Crippen LogP contribution in [0.25, 0.3) is 6.08 Å². The van der Waals surface area contributed by atoms with Gasteiger partial charge in [0, 0.05) is 6.04 Å². The largest absolute Gasteiger partial charge is 0.508 e. The molecule has 13 heavy (non-hydrogen) atoms. The molecule has 0 aliphatic carbocycles. The van der Waals surface area contributed by atoms with Crippen molar-refractivity contribution in [2.24, 2.45) is 5.73 Å². The summed E-state index contributed by atoms with van der Waals surface area (Å²) in [6.45, 7) is 1.88. The van der Waals surface area contributed by atoms with E-state index in [1.807, 2.05) is 19.1 Å². The fourth-order valence-corrected chi connectivity index (χ4v) is 1.14. The lowest BCUT2D eigenvalue weighted by Crippen LogP contribution is -2.09. The van der Waals surface area contributed by atoms with Crippen molar-refractivity contribution in [1.82, 2.24) is 0 Å². The highest BCUT2D eigenvalue weighted by Crippen LogP contribution is 2.22. The summed E-state index contributed by atoms with van der Waals surface area (Å²) in [5.41, 5.74) is 6.40. The molecule has 0 heterocycles. The minimum Gasteiger partial charge on any atom is -0.508 e. The maximum absolute atomic E-state index is 9.08. The molecular formula is C10H12ClNO. The number of phenolic OH excluding ortho intramolecular Hbond substituents is 1. The maximum Gasteiger partial charge on any atom is 0.117 e. The summed E-state index contributed by atoms with van der Waals surface area (Å²) in [5.74, 6) is 0.169. The van der Waals surface area contributed by atoms with Crippen molar-refractivity contribution in [2.75, 3.05) is 0 Å². The Morgan fingerprint density at radius 1 is 1.54 bits per heavy atom. The van der Waals surface area contributed by atoms with Gasteiger partial charge in [0.25, 0.3) is 0 Å². The van der Waals surface area contributed by atoms with Crippen molar-refractivity contribution in [3.63, 3.8) is 0 Å². The van der Waals surface area contributed by atoms with E-state index < -0.39 is 0 Å². The Morgan fingerprint density at radius 2 is 2.23 bits per heavy atom. The minimum absolute atomic E-state index is 0.00451. The SMILES string of the molecule is CC(N)/C=C/c1ccc(O)cc1Cl. The third kappa shape index (κ3) is 3.09. The molecule has 1 aromatic rings. The van der Waals surface area contributed by atoms with Gasteiger partial charge in [-0.1, -0.05) is 23.8 Å². The first-order valence-electron chi connectivity index (χ1n) is 4.02. The van der Waals surface area contributed by atoms with Gasteiger partial charge in [-0.2, -0.15) is 0 Å². The van der Waals surface area contributed by atoms with E-state index in [0.29, 0.717) is 5.02 Å². The lowest BCUT2D eigenvalue weighted by molar-refractivity contribution is 0.475. The van der Waals surface area contributed by atoms with Crippen LogP contribution in [0.2, 0.25) is 5.02 Å². The number of phenols is 1. The molecule has 1 unspecified atom stereocenters. The van der Waals surface area contributed by atoms with Crippen molar-refractivity contribution in [2.45, 2.75) is 13.0 Å². The van der Waals surface area contributed by atoms with Gasteiger partial charge in [-0.25, -0.2) is 0 Å². The van der Waals surface area contributed by atoms with Gasteiger partial charge in [0.15, 0.2) is 0 Å².